The largest absolute Gasteiger partial charge is 0.387 e. The number of hydrogen-bond donors (Lipinski definition) is 0. The van der Waals surface area contributed by atoms with E-state index < -0.39 is 0 Å². The van der Waals surface area contributed by atoms with Gasteiger partial charge in [-0.3, -0.25) is 9.88 Å². The first-order valence-electron chi connectivity index (χ1n) is 8.44. The van der Waals surface area contributed by atoms with Gasteiger partial charge in [0.25, 0.3) is 0 Å². The van der Waals surface area contributed by atoms with E-state index in [1.54, 1.807) is 0 Å². The van der Waals surface area contributed by atoms with Gasteiger partial charge in [0.1, 0.15) is 11.4 Å². The maximum absolute atomic E-state index is 5.91. The van der Waals surface area contributed by atoms with E-state index in [4.69, 9.17) is 4.84 Å². The van der Waals surface area contributed by atoms with E-state index in [0.717, 1.165) is 52.0 Å². The fourth-order valence-corrected chi connectivity index (χ4v) is 3.78. The third-order valence-electron chi connectivity index (χ3n) is 5.19. The van der Waals surface area contributed by atoms with Crippen molar-refractivity contribution in [3.05, 3.63) is 30.1 Å². The van der Waals surface area contributed by atoms with Gasteiger partial charge in [-0.25, -0.2) is 0 Å². The third kappa shape index (κ3) is 2.82. The number of pyridine rings is 1. The zero-order valence-electron chi connectivity index (χ0n) is 13.1. The van der Waals surface area contributed by atoms with Crippen LogP contribution in [0.15, 0.2) is 29.7 Å². The molecule has 5 nitrogen and oxygen atoms in total. The van der Waals surface area contributed by atoms with Crippen LogP contribution in [0.1, 0.15) is 37.7 Å². The van der Waals surface area contributed by atoms with Crippen molar-refractivity contribution in [3.8, 4) is 0 Å². The molecule has 0 unspecified atom stereocenters. The molecule has 0 bridgehead atoms. The van der Waals surface area contributed by atoms with E-state index in [9.17, 15) is 0 Å². The van der Waals surface area contributed by atoms with Crippen LogP contribution >= 0.6 is 0 Å². The highest BCUT2D eigenvalue weighted by molar-refractivity contribution is 5.84. The molecule has 0 aromatic carbocycles. The molecule has 3 aliphatic heterocycles. The fourth-order valence-electron chi connectivity index (χ4n) is 3.78. The van der Waals surface area contributed by atoms with E-state index in [2.05, 4.69) is 26.0 Å². The van der Waals surface area contributed by atoms with E-state index in [1.807, 2.05) is 18.5 Å². The molecule has 1 aromatic rings. The van der Waals surface area contributed by atoms with Gasteiger partial charge in [0.05, 0.1) is 6.42 Å². The first-order valence-corrected chi connectivity index (χ1v) is 8.44. The molecule has 1 aromatic heterocycles. The van der Waals surface area contributed by atoms with Gasteiger partial charge >= 0.3 is 0 Å². The quantitative estimate of drug-likeness (QED) is 0.840. The van der Waals surface area contributed by atoms with Crippen molar-refractivity contribution < 1.29 is 4.84 Å². The number of aromatic nitrogens is 1. The summed E-state index contributed by atoms with van der Waals surface area (Å²) in [5, 5.41) is 4.42. The Labute approximate surface area is 131 Å². The lowest BCUT2D eigenvalue weighted by Crippen LogP contribution is -2.45. The molecule has 0 radical (unpaired) electrons. The van der Waals surface area contributed by atoms with Crippen molar-refractivity contribution in [2.45, 2.75) is 44.2 Å². The molecule has 0 aliphatic carbocycles. The van der Waals surface area contributed by atoms with Gasteiger partial charge in [0.15, 0.2) is 0 Å². The topological polar surface area (TPSA) is 41.0 Å². The summed E-state index contributed by atoms with van der Waals surface area (Å²) < 4.78 is 0. The lowest BCUT2D eigenvalue weighted by molar-refractivity contribution is -0.0627. The summed E-state index contributed by atoms with van der Waals surface area (Å²) in [6.45, 7) is 5.47. The van der Waals surface area contributed by atoms with Crippen molar-refractivity contribution in [1.29, 1.82) is 0 Å². The van der Waals surface area contributed by atoms with Crippen molar-refractivity contribution in [2.24, 2.45) is 5.16 Å². The Bertz CT molecular complexity index is 531. The standard InChI is InChI=1S/C17H24N4O/c1-2-9-21(8-1)16-12-17(22-19-16)5-10-20(11-6-17)14-15-4-3-7-18-13-15/h3-4,7,13H,1-2,5-6,8-12,14H2. The van der Waals surface area contributed by atoms with Crippen LogP contribution in [0.2, 0.25) is 0 Å². The number of amidine groups is 1. The Kier molecular flexibility index (Phi) is 3.74. The molecule has 118 valence electrons. The van der Waals surface area contributed by atoms with Gasteiger partial charge in [0, 0.05) is 58.0 Å². The van der Waals surface area contributed by atoms with Crippen molar-refractivity contribution in [3.63, 3.8) is 0 Å². The molecule has 5 heteroatoms. The van der Waals surface area contributed by atoms with Crippen LogP contribution in [0.4, 0.5) is 0 Å². The zero-order valence-corrected chi connectivity index (χ0v) is 13.1. The third-order valence-corrected chi connectivity index (χ3v) is 5.19. The molecule has 1 spiro atoms. The number of likely N-dealkylation sites (tertiary alicyclic amines) is 2. The molecule has 0 amide bonds. The molecule has 0 atom stereocenters. The number of oxime groups is 1. The average Bonchev–Trinajstić information content (AvgIpc) is 3.21. The molecular weight excluding hydrogens is 276 g/mol. The Hall–Kier alpha value is -1.62. The zero-order chi connectivity index (χ0) is 14.8. The number of piperidine rings is 1. The second-order valence-corrected chi connectivity index (χ2v) is 6.79. The average molecular weight is 300 g/mol. The van der Waals surface area contributed by atoms with E-state index in [-0.39, 0.29) is 5.60 Å². The predicted octanol–water partition coefficient (Wildman–Crippen LogP) is 2.25. The minimum absolute atomic E-state index is 0.0244. The maximum atomic E-state index is 5.91. The van der Waals surface area contributed by atoms with Crippen LogP contribution < -0.4 is 0 Å². The van der Waals surface area contributed by atoms with Gasteiger partial charge in [0.2, 0.25) is 0 Å². The second kappa shape index (κ2) is 5.88. The minimum Gasteiger partial charge on any atom is -0.387 e. The lowest BCUT2D eigenvalue weighted by atomic mass is 9.88. The normalized spacial score (nSPS) is 24.5. The van der Waals surface area contributed by atoms with Crippen molar-refractivity contribution >= 4 is 5.84 Å². The van der Waals surface area contributed by atoms with Crippen LogP contribution in [0.3, 0.4) is 0 Å². The molecule has 2 fully saturated rings. The first-order chi connectivity index (χ1) is 10.8. The van der Waals surface area contributed by atoms with Crippen molar-refractivity contribution in [1.82, 2.24) is 14.8 Å². The lowest BCUT2D eigenvalue weighted by Gasteiger charge is -2.37. The molecule has 22 heavy (non-hydrogen) atoms. The highest BCUT2D eigenvalue weighted by Gasteiger charge is 2.43. The molecular formula is C17H24N4O. The Morgan fingerprint density at radius 3 is 2.68 bits per heavy atom. The number of hydrogen-bond acceptors (Lipinski definition) is 5. The molecule has 4 heterocycles. The monoisotopic (exact) mass is 300 g/mol. The summed E-state index contributed by atoms with van der Waals surface area (Å²) in [7, 11) is 0. The summed E-state index contributed by atoms with van der Waals surface area (Å²) in [6, 6.07) is 4.16. The SMILES string of the molecule is c1cncc(CN2CCC3(CC2)CC(N2CCCC2)=NO3)c1. The van der Waals surface area contributed by atoms with Crippen LogP contribution in [0.25, 0.3) is 0 Å². The number of rotatable bonds is 2. The fraction of sp³-hybridized carbons (Fsp3) is 0.647. The minimum atomic E-state index is -0.0244. The number of nitrogens with zero attached hydrogens (tertiary/aromatic N) is 4. The van der Waals surface area contributed by atoms with Gasteiger partial charge in [-0.05, 0) is 24.5 Å². The van der Waals surface area contributed by atoms with Crippen molar-refractivity contribution in [2.75, 3.05) is 26.2 Å². The summed E-state index contributed by atoms with van der Waals surface area (Å²) in [5.41, 5.74) is 1.27. The van der Waals surface area contributed by atoms with E-state index >= 15 is 0 Å². The van der Waals surface area contributed by atoms with Crippen LogP contribution in [0, 0.1) is 0 Å². The van der Waals surface area contributed by atoms with Gasteiger partial charge in [-0.1, -0.05) is 11.2 Å². The summed E-state index contributed by atoms with van der Waals surface area (Å²) in [6.07, 6.45) is 9.55. The van der Waals surface area contributed by atoms with Crippen LogP contribution in [-0.2, 0) is 11.4 Å². The summed E-state index contributed by atoms with van der Waals surface area (Å²) in [5.74, 6) is 1.19. The highest BCUT2D eigenvalue weighted by Crippen LogP contribution is 2.36. The van der Waals surface area contributed by atoms with Gasteiger partial charge in [-0.2, -0.15) is 0 Å². The summed E-state index contributed by atoms with van der Waals surface area (Å²) >= 11 is 0. The van der Waals surface area contributed by atoms with Gasteiger partial charge < -0.3 is 9.74 Å². The Morgan fingerprint density at radius 1 is 1.14 bits per heavy atom. The van der Waals surface area contributed by atoms with E-state index in [0.29, 0.717) is 0 Å². The molecule has 3 aliphatic rings. The summed E-state index contributed by atoms with van der Waals surface area (Å²) in [4.78, 5) is 15.0. The Morgan fingerprint density at radius 2 is 1.95 bits per heavy atom. The highest BCUT2D eigenvalue weighted by atomic mass is 16.7. The molecule has 2 saturated heterocycles. The van der Waals surface area contributed by atoms with Crippen LogP contribution in [0.5, 0.6) is 0 Å². The van der Waals surface area contributed by atoms with E-state index in [1.165, 1.54) is 24.2 Å². The molecule has 4 rings (SSSR count). The van der Waals surface area contributed by atoms with Crippen LogP contribution in [-0.4, -0.2) is 52.4 Å². The maximum Gasteiger partial charge on any atom is 0.148 e. The van der Waals surface area contributed by atoms with Gasteiger partial charge in [-0.15, -0.1) is 0 Å². The Balaban J connectivity index is 1.31. The molecule has 0 N–H and O–H groups in total. The smallest absolute Gasteiger partial charge is 0.148 e. The second-order valence-electron chi connectivity index (χ2n) is 6.79. The molecule has 0 saturated carbocycles. The first kappa shape index (κ1) is 14.0. The predicted molar refractivity (Wildman–Crippen MR) is 85.4 cm³/mol.